The molecule has 0 saturated carbocycles. The summed E-state index contributed by atoms with van der Waals surface area (Å²) in [6, 6.07) is 0.808. The van der Waals surface area contributed by atoms with Crippen LogP contribution in [0.3, 0.4) is 0 Å². The van der Waals surface area contributed by atoms with Crippen LogP contribution >= 0.6 is 0 Å². The molecule has 88 valence electrons. The summed E-state index contributed by atoms with van der Waals surface area (Å²) in [7, 11) is 2.26. The summed E-state index contributed by atoms with van der Waals surface area (Å²) in [5, 5.41) is 0. The molecule has 0 aliphatic carbocycles. The molecule has 2 heterocycles. The van der Waals surface area contributed by atoms with Gasteiger partial charge in [0.2, 0.25) is 0 Å². The van der Waals surface area contributed by atoms with Gasteiger partial charge in [-0.2, -0.15) is 0 Å². The second-order valence-corrected chi connectivity index (χ2v) is 5.27. The second kappa shape index (κ2) is 5.28. The average molecular weight is 211 g/mol. The van der Waals surface area contributed by atoms with Crippen LogP contribution in [-0.2, 0) is 0 Å². The maximum atomic E-state index is 5.66. The number of piperidine rings is 1. The van der Waals surface area contributed by atoms with Crippen molar-refractivity contribution in [3.63, 3.8) is 0 Å². The fraction of sp³-hybridized carbons (Fsp3) is 1.00. The summed E-state index contributed by atoms with van der Waals surface area (Å²) in [4.78, 5) is 5.20. The van der Waals surface area contributed by atoms with Gasteiger partial charge >= 0.3 is 0 Å². The summed E-state index contributed by atoms with van der Waals surface area (Å²) < 4.78 is 0. The van der Waals surface area contributed by atoms with Crippen molar-refractivity contribution in [3.8, 4) is 0 Å². The number of likely N-dealkylation sites (N-methyl/N-ethyl adjacent to an activating group) is 1. The monoisotopic (exact) mass is 211 g/mol. The Balaban J connectivity index is 1.90. The van der Waals surface area contributed by atoms with E-state index in [-0.39, 0.29) is 0 Å². The fourth-order valence-electron chi connectivity index (χ4n) is 3.16. The van der Waals surface area contributed by atoms with Crippen molar-refractivity contribution >= 4 is 0 Å². The summed E-state index contributed by atoms with van der Waals surface area (Å²) in [5.41, 5.74) is 5.66. The lowest BCUT2D eigenvalue weighted by molar-refractivity contribution is 0.106. The predicted molar refractivity (Wildman–Crippen MR) is 63.9 cm³/mol. The van der Waals surface area contributed by atoms with E-state index in [1.165, 1.54) is 51.9 Å². The Labute approximate surface area is 93.6 Å². The molecule has 2 N–H and O–H groups in total. The average Bonchev–Trinajstić information content (AvgIpc) is 2.38. The molecule has 0 aromatic rings. The van der Waals surface area contributed by atoms with E-state index in [0.717, 1.165) is 18.5 Å². The van der Waals surface area contributed by atoms with Gasteiger partial charge in [-0.1, -0.05) is 0 Å². The molecule has 3 heteroatoms. The molecule has 0 bridgehead atoms. The molecule has 3 nitrogen and oxygen atoms in total. The lowest BCUT2D eigenvalue weighted by Crippen LogP contribution is -2.46. The lowest BCUT2D eigenvalue weighted by atomic mass is 9.88. The van der Waals surface area contributed by atoms with Crippen LogP contribution in [0.2, 0.25) is 0 Å². The highest BCUT2D eigenvalue weighted by atomic mass is 15.2. The van der Waals surface area contributed by atoms with Gasteiger partial charge in [-0.05, 0) is 64.8 Å². The molecule has 0 spiro atoms. The Hall–Kier alpha value is -0.120. The quantitative estimate of drug-likeness (QED) is 0.731. The van der Waals surface area contributed by atoms with Crippen LogP contribution in [0.4, 0.5) is 0 Å². The van der Waals surface area contributed by atoms with E-state index >= 15 is 0 Å². The Kier molecular flexibility index (Phi) is 4.00. The van der Waals surface area contributed by atoms with Crippen LogP contribution in [0, 0.1) is 5.92 Å². The first kappa shape index (κ1) is 11.4. The molecule has 0 radical (unpaired) electrons. The SMILES string of the molecule is CN1CCCN2CCC(CCN)CC2C1. The normalized spacial score (nSPS) is 34.8. The lowest BCUT2D eigenvalue weighted by Gasteiger charge is -2.39. The number of fused-ring (bicyclic) bond motifs is 1. The van der Waals surface area contributed by atoms with Crippen LogP contribution in [0.1, 0.15) is 25.7 Å². The highest BCUT2D eigenvalue weighted by Gasteiger charge is 2.29. The highest BCUT2D eigenvalue weighted by Crippen LogP contribution is 2.26. The van der Waals surface area contributed by atoms with Gasteiger partial charge in [0.15, 0.2) is 0 Å². The minimum absolute atomic E-state index is 0.808. The summed E-state index contributed by atoms with van der Waals surface area (Å²) in [6.07, 6.45) is 5.32. The molecular weight excluding hydrogens is 186 g/mol. The number of rotatable bonds is 2. The van der Waals surface area contributed by atoms with Gasteiger partial charge in [-0.25, -0.2) is 0 Å². The maximum absolute atomic E-state index is 5.66. The van der Waals surface area contributed by atoms with Gasteiger partial charge in [0.05, 0.1) is 0 Å². The van der Waals surface area contributed by atoms with Gasteiger partial charge in [0.1, 0.15) is 0 Å². The minimum Gasteiger partial charge on any atom is -0.330 e. The van der Waals surface area contributed by atoms with Crippen molar-refractivity contribution in [2.24, 2.45) is 11.7 Å². The topological polar surface area (TPSA) is 32.5 Å². The molecule has 2 fully saturated rings. The molecule has 2 unspecified atom stereocenters. The Morgan fingerprint density at radius 1 is 1.27 bits per heavy atom. The Morgan fingerprint density at radius 2 is 2.13 bits per heavy atom. The van der Waals surface area contributed by atoms with E-state index in [9.17, 15) is 0 Å². The van der Waals surface area contributed by atoms with E-state index in [0.29, 0.717) is 0 Å². The Morgan fingerprint density at radius 3 is 2.93 bits per heavy atom. The molecule has 2 rings (SSSR count). The highest BCUT2D eigenvalue weighted by molar-refractivity contribution is 4.85. The number of nitrogens with two attached hydrogens (primary N) is 1. The van der Waals surface area contributed by atoms with Crippen molar-refractivity contribution < 1.29 is 0 Å². The van der Waals surface area contributed by atoms with Crippen molar-refractivity contribution in [3.05, 3.63) is 0 Å². The number of hydrogen-bond donors (Lipinski definition) is 1. The van der Waals surface area contributed by atoms with Gasteiger partial charge < -0.3 is 10.6 Å². The summed E-state index contributed by atoms with van der Waals surface area (Å²) in [6.45, 7) is 6.02. The van der Waals surface area contributed by atoms with E-state index in [1.807, 2.05) is 0 Å². The van der Waals surface area contributed by atoms with Crippen molar-refractivity contribution in [1.82, 2.24) is 9.80 Å². The standard InChI is InChI=1S/C12H25N3/c1-14-6-2-7-15-8-4-11(3-5-13)9-12(15)10-14/h11-12H,2-10,13H2,1H3. The van der Waals surface area contributed by atoms with Crippen LogP contribution in [-0.4, -0.2) is 55.6 Å². The zero-order valence-corrected chi connectivity index (χ0v) is 9.99. The van der Waals surface area contributed by atoms with E-state index in [1.54, 1.807) is 0 Å². The van der Waals surface area contributed by atoms with Crippen LogP contribution < -0.4 is 5.73 Å². The van der Waals surface area contributed by atoms with E-state index in [4.69, 9.17) is 5.73 Å². The van der Waals surface area contributed by atoms with Crippen LogP contribution in [0.5, 0.6) is 0 Å². The zero-order valence-electron chi connectivity index (χ0n) is 9.99. The van der Waals surface area contributed by atoms with Crippen molar-refractivity contribution in [2.45, 2.75) is 31.7 Å². The van der Waals surface area contributed by atoms with Crippen LogP contribution in [0.15, 0.2) is 0 Å². The van der Waals surface area contributed by atoms with Gasteiger partial charge in [0, 0.05) is 12.6 Å². The zero-order chi connectivity index (χ0) is 10.7. The van der Waals surface area contributed by atoms with Crippen molar-refractivity contribution in [2.75, 3.05) is 39.8 Å². The smallest absolute Gasteiger partial charge is 0.0225 e. The van der Waals surface area contributed by atoms with Gasteiger partial charge in [-0.15, -0.1) is 0 Å². The van der Waals surface area contributed by atoms with Gasteiger partial charge in [-0.3, -0.25) is 4.90 Å². The van der Waals surface area contributed by atoms with E-state index in [2.05, 4.69) is 16.8 Å². The first-order valence-corrected chi connectivity index (χ1v) is 6.42. The van der Waals surface area contributed by atoms with E-state index < -0.39 is 0 Å². The molecule has 2 aliphatic rings. The first-order chi connectivity index (χ1) is 7.29. The molecule has 2 saturated heterocycles. The van der Waals surface area contributed by atoms with Gasteiger partial charge in [0.25, 0.3) is 0 Å². The number of nitrogens with zero attached hydrogens (tertiary/aromatic N) is 2. The summed E-state index contributed by atoms with van der Waals surface area (Å²) in [5.74, 6) is 0.891. The molecule has 0 aromatic carbocycles. The third-order valence-corrected chi connectivity index (χ3v) is 4.03. The molecule has 0 amide bonds. The molecular formula is C12H25N3. The Bertz CT molecular complexity index is 195. The third-order valence-electron chi connectivity index (χ3n) is 4.03. The largest absolute Gasteiger partial charge is 0.330 e. The first-order valence-electron chi connectivity index (χ1n) is 6.42. The molecule has 2 aliphatic heterocycles. The predicted octanol–water partition coefficient (Wildman–Crippen LogP) is 0.751. The fourth-order valence-corrected chi connectivity index (χ4v) is 3.16. The van der Waals surface area contributed by atoms with Crippen LogP contribution in [0.25, 0.3) is 0 Å². The molecule has 0 aromatic heterocycles. The van der Waals surface area contributed by atoms with Crippen molar-refractivity contribution in [1.29, 1.82) is 0 Å². The third kappa shape index (κ3) is 2.92. The molecule has 15 heavy (non-hydrogen) atoms. The second-order valence-electron chi connectivity index (χ2n) is 5.27. The number of hydrogen-bond acceptors (Lipinski definition) is 3. The maximum Gasteiger partial charge on any atom is 0.0225 e. The minimum atomic E-state index is 0.808. The summed E-state index contributed by atoms with van der Waals surface area (Å²) >= 11 is 0. The molecule has 2 atom stereocenters.